The van der Waals surface area contributed by atoms with Crippen LogP contribution in [0.1, 0.15) is 0 Å². The number of piperazine rings is 1. The van der Waals surface area contributed by atoms with E-state index in [4.69, 9.17) is 9.47 Å². The number of morpholine rings is 1. The molecule has 4 rings (SSSR count). The van der Waals surface area contributed by atoms with Crippen LogP contribution in [0.5, 0.6) is 5.75 Å². The fourth-order valence-electron chi connectivity index (χ4n) is 3.56. The third-order valence-corrected chi connectivity index (χ3v) is 7.19. The number of hydrogen-bond acceptors (Lipinski definition) is 8. The van der Waals surface area contributed by atoms with Crippen molar-refractivity contribution in [2.24, 2.45) is 0 Å². The van der Waals surface area contributed by atoms with E-state index in [1.807, 2.05) is 17.0 Å². The number of nitrogens with zero attached hydrogens (tertiary/aromatic N) is 5. The topological polar surface area (TPSA) is 88.1 Å². The van der Waals surface area contributed by atoms with Gasteiger partial charge in [0.25, 0.3) is 0 Å². The Labute approximate surface area is 175 Å². The average Bonchev–Trinajstić information content (AvgIpc) is 2.80. The Balaban J connectivity index is 1.40. The number of hydrogen-bond donors (Lipinski definition) is 0. The molecule has 0 amide bonds. The van der Waals surface area contributed by atoms with Crippen molar-refractivity contribution in [3.05, 3.63) is 36.1 Å². The summed E-state index contributed by atoms with van der Waals surface area (Å²) in [6.07, 6.45) is 0. The summed E-state index contributed by atoms with van der Waals surface area (Å²) < 4.78 is 51.2. The third-order valence-electron chi connectivity index (χ3n) is 5.30. The van der Waals surface area contributed by atoms with Gasteiger partial charge in [-0.15, -0.1) is 10.2 Å². The highest BCUT2D eigenvalue weighted by atomic mass is 32.2. The number of halogens is 1. The molecule has 0 radical (unpaired) electrons. The van der Waals surface area contributed by atoms with Crippen LogP contribution in [0, 0.1) is 5.82 Å². The van der Waals surface area contributed by atoms with E-state index in [1.54, 1.807) is 0 Å². The van der Waals surface area contributed by atoms with Gasteiger partial charge in [-0.2, -0.15) is 4.31 Å². The Morgan fingerprint density at radius 1 is 0.933 bits per heavy atom. The molecule has 1 aromatic carbocycles. The van der Waals surface area contributed by atoms with Gasteiger partial charge in [0.2, 0.25) is 10.0 Å². The van der Waals surface area contributed by atoms with Crippen molar-refractivity contribution in [2.75, 3.05) is 69.4 Å². The molecule has 3 heterocycles. The van der Waals surface area contributed by atoms with Gasteiger partial charge in [0.05, 0.1) is 25.2 Å². The Kier molecular flexibility index (Phi) is 6.02. The first-order valence-electron chi connectivity index (χ1n) is 9.74. The molecule has 0 unspecified atom stereocenters. The van der Waals surface area contributed by atoms with Crippen LogP contribution in [0.2, 0.25) is 0 Å². The summed E-state index contributed by atoms with van der Waals surface area (Å²) in [4.78, 5) is 4.04. The number of rotatable bonds is 5. The van der Waals surface area contributed by atoms with E-state index in [1.165, 1.54) is 23.5 Å². The molecule has 2 aromatic rings. The van der Waals surface area contributed by atoms with E-state index in [0.717, 1.165) is 25.0 Å². The summed E-state index contributed by atoms with van der Waals surface area (Å²) in [6, 6.07) is 7.51. The van der Waals surface area contributed by atoms with E-state index in [9.17, 15) is 12.8 Å². The molecule has 0 saturated carbocycles. The summed E-state index contributed by atoms with van der Waals surface area (Å²) in [5.41, 5.74) is 0. The van der Waals surface area contributed by atoms with Gasteiger partial charge >= 0.3 is 0 Å². The number of aromatic nitrogens is 2. The Hall–Kier alpha value is -2.50. The van der Waals surface area contributed by atoms with Crippen molar-refractivity contribution in [1.29, 1.82) is 0 Å². The molecular formula is C19H24FN5O4S. The zero-order valence-electron chi connectivity index (χ0n) is 16.7. The summed E-state index contributed by atoms with van der Waals surface area (Å²) in [5, 5.41) is 8.63. The van der Waals surface area contributed by atoms with Gasteiger partial charge in [-0.1, -0.05) is 0 Å². The van der Waals surface area contributed by atoms with Crippen LogP contribution in [0.3, 0.4) is 0 Å². The molecule has 0 atom stereocenters. The summed E-state index contributed by atoms with van der Waals surface area (Å²) in [7, 11) is -2.44. The van der Waals surface area contributed by atoms with Gasteiger partial charge in [0.15, 0.2) is 23.2 Å². The molecule has 11 heteroatoms. The van der Waals surface area contributed by atoms with E-state index >= 15 is 0 Å². The smallest absolute Gasteiger partial charge is 0.243 e. The fourth-order valence-corrected chi connectivity index (χ4v) is 5.00. The lowest BCUT2D eigenvalue weighted by atomic mass is 10.3. The second kappa shape index (κ2) is 8.70. The number of anilines is 2. The molecule has 0 aliphatic carbocycles. The van der Waals surface area contributed by atoms with E-state index in [0.29, 0.717) is 32.1 Å². The van der Waals surface area contributed by atoms with Crippen molar-refractivity contribution >= 4 is 21.7 Å². The third kappa shape index (κ3) is 4.18. The highest BCUT2D eigenvalue weighted by Crippen LogP contribution is 2.25. The summed E-state index contributed by atoms with van der Waals surface area (Å²) >= 11 is 0. The van der Waals surface area contributed by atoms with Crippen molar-refractivity contribution in [3.8, 4) is 5.75 Å². The fraction of sp³-hybridized carbons (Fsp3) is 0.474. The van der Waals surface area contributed by atoms with Crippen LogP contribution in [0.4, 0.5) is 16.0 Å². The predicted molar refractivity (Wildman–Crippen MR) is 109 cm³/mol. The van der Waals surface area contributed by atoms with Crippen molar-refractivity contribution < 1.29 is 22.3 Å². The second-order valence-electron chi connectivity index (χ2n) is 7.04. The predicted octanol–water partition coefficient (Wildman–Crippen LogP) is 0.972. The number of sulfonamides is 1. The molecule has 0 spiro atoms. The standard InChI is InChI=1S/C19H24FN5O4S/c1-28-17-3-2-15(14-16(17)20)30(26,27)25-8-6-23(7-9-25)18-4-5-19(22-21-18)24-10-12-29-13-11-24/h2-5,14H,6-13H2,1H3. The molecule has 2 aliphatic rings. The second-order valence-corrected chi connectivity index (χ2v) is 8.97. The van der Waals surface area contributed by atoms with Gasteiger partial charge in [-0.25, -0.2) is 12.8 Å². The van der Waals surface area contributed by atoms with Gasteiger partial charge in [-0.3, -0.25) is 0 Å². The molecule has 162 valence electrons. The number of methoxy groups -OCH3 is 1. The molecule has 2 aliphatic heterocycles. The SMILES string of the molecule is COc1ccc(S(=O)(=O)N2CCN(c3ccc(N4CCOCC4)nn3)CC2)cc1F. The van der Waals surface area contributed by atoms with Crippen LogP contribution in [-0.2, 0) is 14.8 Å². The minimum absolute atomic E-state index is 0.0119. The molecule has 2 fully saturated rings. The normalized spacial score (nSPS) is 18.5. The highest BCUT2D eigenvalue weighted by molar-refractivity contribution is 7.89. The highest BCUT2D eigenvalue weighted by Gasteiger charge is 2.30. The molecule has 2 saturated heterocycles. The van der Waals surface area contributed by atoms with E-state index in [-0.39, 0.29) is 23.7 Å². The Bertz CT molecular complexity index is 975. The van der Waals surface area contributed by atoms with Gasteiger partial charge < -0.3 is 19.3 Å². The van der Waals surface area contributed by atoms with Gasteiger partial charge in [0, 0.05) is 39.3 Å². The van der Waals surface area contributed by atoms with Crippen LogP contribution >= 0.6 is 0 Å². The lowest BCUT2D eigenvalue weighted by Crippen LogP contribution is -2.49. The summed E-state index contributed by atoms with van der Waals surface area (Å²) in [5.74, 6) is 0.829. The molecular weight excluding hydrogens is 413 g/mol. The van der Waals surface area contributed by atoms with Gasteiger partial charge in [-0.05, 0) is 30.3 Å². The lowest BCUT2D eigenvalue weighted by Gasteiger charge is -2.34. The van der Waals surface area contributed by atoms with E-state index < -0.39 is 15.8 Å². The van der Waals surface area contributed by atoms with Crippen LogP contribution in [0.25, 0.3) is 0 Å². The Morgan fingerprint density at radius 2 is 1.53 bits per heavy atom. The van der Waals surface area contributed by atoms with Crippen LogP contribution in [0.15, 0.2) is 35.2 Å². The molecule has 9 nitrogen and oxygen atoms in total. The summed E-state index contributed by atoms with van der Waals surface area (Å²) in [6.45, 7) is 4.45. The maximum absolute atomic E-state index is 14.0. The monoisotopic (exact) mass is 437 g/mol. The largest absolute Gasteiger partial charge is 0.494 e. The first-order chi connectivity index (χ1) is 14.5. The maximum atomic E-state index is 14.0. The molecule has 0 bridgehead atoms. The van der Waals surface area contributed by atoms with Crippen molar-refractivity contribution in [3.63, 3.8) is 0 Å². The minimum atomic E-state index is -3.78. The average molecular weight is 437 g/mol. The first kappa shape index (κ1) is 20.8. The Morgan fingerprint density at radius 3 is 2.07 bits per heavy atom. The number of ether oxygens (including phenoxy) is 2. The molecule has 1 aromatic heterocycles. The minimum Gasteiger partial charge on any atom is -0.494 e. The van der Waals surface area contributed by atoms with Crippen LogP contribution < -0.4 is 14.5 Å². The molecule has 30 heavy (non-hydrogen) atoms. The van der Waals surface area contributed by atoms with Crippen molar-refractivity contribution in [2.45, 2.75) is 4.90 Å². The van der Waals surface area contributed by atoms with Crippen LogP contribution in [-0.4, -0.2) is 82.5 Å². The maximum Gasteiger partial charge on any atom is 0.243 e. The quantitative estimate of drug-likeness (QED) is 0.684. The van der Waals surface area contributed by atoms with Crippen molar-refractivity contribution in [1.82, 2.24) is 14.5 Å². The molecule has 0 N–H and O–H groups in total. The zero-order chi connectivity index (χ0) is 21.1. The first-order valence-corrected chi connectivity index (χ1v) is 11.2. The van der Waals surface area contributed by atoms with Gasteiger partial charge in [0.1, 0.15) is 0 Å². The van der Waals surface area contributed by atoms with E-state index in [2.05, 4.69) is 15.1 Å². The number of benzene rings is 1. The lowest BCUT2D eigenvalue weighted by molar-refractivity contribution is 0.122. The zero-order valence-corrected chi connectivity index (χ0v) is 17.5.